The largest absolute Gasteiger partial charge is 0.369 e. The molecule has 0 saturated carbocycles. The molecule has 0 atom stereocenters. The lowest BCUT2D eigenvalue weighted by Gasteiger charge is -2.13. The quantitative estimate of drug-likeness (QED) is 0.829. The van der Waals surface area contributed by atoms with Gasteiger partial charge in [0.25, 0.3) is 0 Å². The molecule has 0 spiro atoms. The summed E-state index contributed by atoms with van der Waals surface area (Å²) in [7, 11) is 0. The molecule has 0 unspecified atom stereocenters. The molecule has 2 aromatic rings. The van der Waals surface area contributed by atoms with Crippen LogP contribution < -0.4 is 5.32 Å². The highest BCUT2D eigenvalue weighted by Gasteiger charge is 2.15. The Balaban J connectivity index is 2.52. The molecule has 1 N–H and O–H groups in total. The first-order valence-corrected chi connectivity index (χ1v) is 8.55. The number of aryl methyl sites for hydroxylation is 1. The van der Waals surface area contributed by atoms with E-state index < -0.39 is 0 Å². The summed E-state index contributed by atoms with van der Waals surface area (Å²) in [6.45, 7) is 9.44. The monoisotopic (exact) mass is 353 g/mol. The van der Waals surface area contributed by atoms with Crippen molar-refractivity contribution in [1.82, 2.24) is 9.97 Å². The van der Waals surface area contributed by atoms with Gasteiger partial charge >= 0.3 is 0 Å². The van der Waals surface area contributed by atoms with E-state index in [1.165, 1.54) is 5.56 Å². The van der Waals surface area contributed by atoms with Crippen LogP contribution in [0.25, 0.3) is 10.7 Å². The summed E-state index contributed by atoms with van der Waals surface area (Å²) in [5.74, 6) is 2.28. The van der Waals surface area contributed by atoms with E-state index in [4.69, 9.17) is 4.98 Å². The fourth-order valence-electron chi connectivity index (χ4n) is 2.00. The Morgan fingerprint density at radius 2 is 2.10 bits per heavy atom. The Kier molecular flexibility index (Phi) is 5.16. The molecule has 0 saturated heterocycles. The fraction of sp³-hybridized carbons (Fsp3) is 0.467. The van der Waals surface area contributed by atoms with Crippen LogP contribution in [0.4, 0.5) is 5.82 Å². The fourth-order valence-corrected chi connectivity index (χ4v) is 3.34. The first kappa shape index (κ1) is 15.4. The van der Waals surface area contributed by atoms with E-state index in [0.29, 0.717) is 5.92 Å². The number of aromatic nitrogens is 2. The van der Waals surface area contributed by atoms with E-state index in [1.807, 2.05) is 0 Å². The SMILES string of the molecule is CCNc1nc(-c2sccc2C)nc(CC(C)C)c1Br. The minimum absolute atomic E-state index is 0.563. The zero-order chi connectivity index (χ0) is 14.7. The van der Waals surface area contributed by atoms with Gasteiger partial charge in [-0.25, -0.2) is 9.97 Å². The maximum atomic E-state index is 4.77. The Hall–Kier alpha value is -0.940. The van der Waals surface area contributed by atoms with E-state index in [1.54, 1.807) is 11.3 Å². The molecule has 5 heteroatoms. The van der Waals surface area contributed by atoms with Crippen LogP contribution in [0.1, 0.15) is 32.0 Å². The van der Waals surface area contributed by atoms with Crippen molar-refractivity contribution in [2.75, 3.05) is 11.9 Å². The van der Waals surface area contributed by atoms with Crippen molar-refractivity contribution in [3.63, 3.8) is 0 Å². The second-order valence-electron chi connectivity index (χ2n) is 5.22. The third kappa shape index (κ3) is 3.38. The summed E-state index contributed by atoms with van der Waals surface area (Å²) in [4.78, 5) is 10.6. The zero-order valence-corrected chi connectivity index (χ0v) is 14.7. The molecule has 108 valence electrons. The van der Waals surface area contributed by atoms with Gasteiger partial charge in [0.1, 0.15) is 5.82 Å². The third-order valence-corrected chi connectivity index (χ3v) is 4.78. The molecule has 2 rings (SSSR count). The summed E-state index contributed by atoms with van der Waals surface area (Å²) in [6, 6.07) is 2.11. The van der Waals surface area contributed by atoms with Crippen LogP contribution >= 0.6 is 27.3 Å². The Labute approximate surface area is 133 Å². The number of halogens is 1. The summed E-state index contributed by atoms with van der Waals surface area (Å²) >= 11 is 5.34. The molecule has 2 aromatic heterocycles. The van der Waals surface area contributed by atoms with Crippen LogP contribution in [0.3, 0.4) is 0 Å². The van der Waals surface area contributed by atoms with Gasteiger partial charge in [-0.2, -0.15) is 0 Å². The molecule has 3 nitrogen and oxygen atoms in total. The van der Waals surface area contributed by atoms with E-state index in [-0.39, 0.29) is 0 Å². The van der Waals surface area contributed by atoms with E-state index in [9.17, 15) is 0 Å². The van der Waals surface area contributed by atoms with Gasteiger partial charge in [-0.1, -0.05) is 13.8 Å². The van der Waals surface area contributed by atoms with Gasteiger partial charge in [0.2, 0.25) is 0 Å². The Morgan fingerprint density at radius 3 is 2.65 bits per heavy atom. The predicted molar refractivity (Wildman–Crippen MR) is 90.5 cm³/mol. The molecule has 0 aliphatic rings. The van der Waals surface area contributed by atoms with Crippen LogP contribution in [0.15, 0.2) is 15.9 Å². The Morgan fingerprint density at radius 1 is 1.35 bits per heavy atom. The van der Waals surface area contributed by atoms with Crippen LogP contribution in [0.2, 0.25) is 0 Å². The second-order valence-corrected chi connectivity index (χ2v) is 6.93. The van der Waals surface area contributed by atoms with Gasteiger partial charge in [0.15, 0.2) is 5.82 Å². The number of anilines is 1. The normalized spacial score (nSPS) is 11.1. The van der Waals surface area contributed by atoms with Gasteiger partial charge in [-0.15, -0.1) is 11.3 Å². The first-order valence-electron chi connectivity index (χ1n) is 6.87. The molecule has 0 aliphatic carbocycles. The minimum atomic E-state index is 0.563. The summed E-state index contributed by atoms with van der Waals surface area (Å²) in [6.07, 6.45) is 0.943. The average Bonchev–Trinajstić information content (AvgIpc) is 2.80. The van der Waals surface area contributed by atoms with Crippen molar-refractivity contribution in [3.05, 3.63) is 27.2 Å². The number of hydrogen-bond donors (Lipinski definition) is 1. The highest BCUT2D eigenvalue weighted by Crippen LogP contribution is 2.32. The standard InChI is InChI=1S/C15H20BrN3S/c1-5-17-14-12(16)11(8-9(2)3)18-15(19-14)13-10(4)6-7-20-13/h6-7,9H,5,8H2,1-4H3,(H,17,18,19). The van der Waals surface area contributed by atoms with Crippen LogP contribution in [-0.4, -0.2) is 16.5 Å². The van der Waals surface area contributed by atoms with Gasteiger partial charge in [0, 0.05) is 6.54 Å². The third-order valence-electron chi connectivity index (χ3n) is 2.93. The summed E-state index contributed by atoms with van der Waals surface area (Å²) < 4.78 is 0.992. The molecule has 2 heterocycles. The minimum Gasteiger partial charge on any atom is -0.369 e. The smallest absolute Gasteiger partial charge is 0.172 e. The van der Waals surface area contributed by atoms with Crippen LogP contribution in [0, 0.1) is 12.8 Å². The van der Waals surface area contributed by atoms with Crippen molar-refractivity contribution < 1.29 is 0 Å². The zero-order valence-electron chi connectivity index (χ0n) is 12.3. The highest BCUT2D eigenvalue weighted by molar-refractivity contribution is 9.10. The average molecular weight is 354 g/mol. The highest BCUT2D eigenvalue weighted by atomic mass is 79.9. The summed E-state index contributed by atoms with van der Waals surface area (Å²) in [5, 5.41) is 5.41. The van der Waals surface area contributed by atoms with Crippen LogP contribution in [-0.2, 0) is 6.42 Å². The number of rotatable bonds is 5. The van der Waals surface area contributed by atoms with Crippen LogP contribution in [0.5, 0.6) is 0 Å². The molecule has 0 fully saturated rings. The molecular weight excluding hydrogens is 334 g/mol. The second kappa shape index (κ2) is 6.68. The number of hydrogen-bond acceptors (Lipinski definition) is 4. The lowest BCUT2D eigenvalue weighted by Crippen LogP contribution is -2.08. The Bertz CT molecular complexity index is 593. The molecule has 0 amide bonds. The van der Waals surface area contributed by atoms with Crippen molar-refractivity contribution in [1.29, 1.82) is 0 Å². The van der Waals surface area contributed by atoms with Crippen molar-refractivity contribution >= 4 is 33.1 Å². The molecule has 20 heavy (non-hydrogen) atoms. The lowest BCUT2D eigenvalue weighted by atomic mass is 10.1. The van der Waals surface area contributed by atoms with Crippen molar-refractivity contribution in [2.24, 2.45) is 5.92 Å². The van der Waals surface area contributed by atoms with Crippen molar-refractivity contribution in [2.45, 2.75) is 34.1 Å². The molecule has 0 radical (unpaired) electrons. The number of thiophene rings is 1. The molecule has 0 bridgehead atoms. The molecule has 0 aliphatic heterocycles. The van der Waals surface area contributed by atoms with Crippen molar-refractivity contribution in [3.8, 4) is 10.7 Å². The predicted octanol–water partition coefficient (Wildman–Crippen LogP) is 4.91. The maximum Gasteiger partial charge on any atom is 0.172 e. The molecule has 0 aromatic carbocycles. The van der Waals surface area contributed by atoms with Gasteiger partial charge in [0.05, 0.1) is 15.0 Å². The first-order chi connectivity index (χ1) is 9.52. The number of nitrogens with one attached hydrogen (secondary N) is 1. The van der Waals surface area contributed by atoms with Gasteiger partial charge < -0.3 is 5.32 Å². The van der Waals surface area contributed by atoms with E-state index >= 15 is 0 Å². The van der Waals surface area contributed by atoms with E-state index in [2.05, 4.69) is 65.4 Å². The number of nitrogens with zero attached hydrogens (tertiary/aromatic N) is 2. The topological polar surface area (TPSA) is 37.8 Å². The maximum absolute atomic E-state index is 4.77. The summed E-state index contributed by atoms with van der Waals surface area (Å²) in [5.41, 5.74) is 2.31. The molecular formula is C15H20BrN3S. The van der Waals surface area contributed by atoms with Gasteiger partial charge in [-0.05, 0) is 59.1 Å². The van der Waals surface area contributed by atoms with Gasteiger partial charge in [-0.3, -0.25) is 0 Å². The van der Waals surface area contributed by atoms with E-state index in [0.717, 1.165) is 39.7 Å². The lowest BCUT2D eigenvalue weighted by molar-refractivity contribution is 0.632.